The minimum atomic E-state index is 0.0806. The highest BCUT2D eigenvalue weighted by Gasteiger charge is 2.23. The summed E-state index contributed by atoms with van der Waals surface area (Å²) < 4.78 is 0.933. The van der Waals surface area contributed by atoms with Gasteiger partial charge in [-0.3, -0.25) is 0 Å². The summed E-state index contributed by atoms with van der Waals surface area (Å²) in [5.41, 5.74) is 7.36. The van der Waals surface area contributed by atoms with Crippen molar-refractivity contribution >= 4 is 27.5 Å². The minimum absolute atomic E-state index is 0.0806. The van der Waals surface area contributed by atoms with E-state index in [0.29, 0.717) is 5.56 Å². The second kappa shape index (κ2) is 6.95. The third-order valence-electron chi connectivity index (χ3n) is 3.74. The number of hydrogen-bond acceptors (Lipinski definition) is 4. The van der Waals surface area contributed by atoms with Crippen molar-refractivity contribution in [2.75, 3.05) is 18.1 Å². The van der Waals surface area contributed by atoms with Gasteiger partial charge in [-0.05, 0) is 31.0 Å². The van der Waals surface area contributed by atoms with E-state index in [1.807, 2.05) is 18.2 Å². The lowest BCUT2D eigenvalue weighted by Crippen LogP contribution is -2.39. The van der Waals surface area contributed by atoms with E-state index in [-0.39, 0.29) is 18.5 Å². The zero-order valence-corrected chi connectivity index (χ0v) is 12.9. The number of amidine groups is 1. The first-order valence-electron chi connectivity index (χ1n) is 6.82. The molecule has 0 aliphatic carbocycles. The molecule has 1 atom stereocenters. The third-order valence-corrected chi connectivity index (χ3v) is 4.23. The Bertz CT molecular complexity index is 493. The van der Waals surface area contributed by atoms with Crippen LogP contribution in [0.15, 0.2) is 27.8 Å². The number of anilines is 1. The molecule has 0 aromatic heterocycles. The zero-order valence-electron chi connectivity index (χ0n) is 11.3. The van der Waals surface area contributed by atoms with Gasteiger partial charge in [0.1, 0.15) is 0 Å². The second-order valence-corrected chi connectivity index (χ2v) is 5.94. The van der Waals surface area contributed by atoms with E-state index in [2.05, 4.69) is 26.0 Å². The number of rotatable bonds is 3. The smallest absolute Gasteiger partial charge is 0.172 e. The Morgan fingerprint density at radius 3 is 2.90 bits per heavy atom. The van der Waals surface area contributed by atoms with E-state index in [1.54, 1.807) is 0 Å². The maximum absolute atomic E-state index is 9.64. The summed E-state index contributed by atoms with van der Waals surface area (Å²) in [7, 11) is 0. The van der Waals surface area contributed by atoms with Gasteiger partial charge in [-0.15, -0.1) is 0 Å². The fourth-order valence-electron chi connectivity index (χ4n) is 2.70. The highest BCUT2D eigenvalue weighted by molar-refractivity contribution is 9.10. The van der Waals surface area contributed by atoms with Crippen molar-refractivity contribution in [1.82, 2.24) is 0 Å². The Hall–Kier alpha value is -1.27. The summed E-state index contributed by atoms with van der Waals surface area (Å²) in [6.07, 6.45) is 4.33. The molecule has 1 aromatic carbocycles. The summed E-state index contributed by atoms with van der Waals surface area (Å²) in [4.78, 5) is 2.17. The molecule has 110 valence electrons. The molecule has 1 heterocycles. The average molecular weight is 342 g/mol. The zero-order chi connectivity index (χ0) is 14.5. The Balaban J connectivity index is 2.45. The predicted octanol–water partition coefficient (Wildman–Crippen LogP) is 2.28. The molecule has 0 amide bonds. The van der Waals surface area contributed by atoms with Crippen LogP contribution in [0.5, 0.6) is 0 Å². The van der Waals surface area contributed by atoms with Crippen LogP contribution in [0.1, 0.15) is 31.2 Å². The first-order valence-corrected chi connectivity index (χ1v) is 7.61. The first-order chi connectivity index (χ1) is 9.67. The molecular formula is C14H20BrN3O2. The van der Waals surface area contributed by atoms with Gasteiger partial charge in [-0.25, -0.2) is 0 Å². The fraction of sp³-hybridized carbons (Fsp3) is 0.500. The van der Waals surface area contributed by atoms with Gasteiger partial charge in [0.2, 0.25) is 0 Å². The molecule has 5 nitrogen and oxygen atoms in total. The van der Waals surface area contributed by atoms with Crippen molar-refractivity contribution in [3.8, 4) is 0 Å². The van der Waals surface area contributed by atoms with Gasteiger partial charge in [0.05, 0.1) is 12.6 Å². The van der Waals surface area contributed by atoms with Crippen LogP contribution >= 0.6 is 15.9 Å². The summed E-state index contributed by atoms with van der Waals surface area (Å²) in [6, 6.07) is 5.73. The molecule has 0 bridgehead atoms. The van der Waals surface area contributed by atoms with Crippen LogP contribution in [0.4, 0.5) is 5.69 Å². The highest BCUT2D eigenvalue weighted by atomic mass is 79.9. The number of nitrogens with zero attached hydrogens (tertiary/aromatic N) is 2. The number of hydrogen-bond donors (Lipinski definition) is 3. The minimum Gasteiger partial charge on any atom is -0.409 e. The SMILES string of the molecule is N/C(=N/O)c1ccc(Br)cc1N1CCCCCC1CO. The van der Waals surface area contributed by atoms with Crippen molar-refractivity contribution in [3.63, 3.8) is 0 Å². The quantitative estimate of drug-likeness (QED) is 0.341. The molecule has 1 aliphatic heterocycles. The van der Waals surface area contributed by atoms with Crippen LogP contribution in [-0.2, 0) is 0 Å². The van der Waals surface area contributed by atoms with Crippen LogP contribution in [0, 0.1) is 0 Å². The first kappa shape index (κ1) is 15.1. The Kier molecular flexibility index (Phi) is 5.25. The monoisotopic (exact) mass is 341 g/mol. The number of benzene rings is 1. The lowest BCUT2D eigenvalue weighted by atomic mass is 10.1. The number of nitrogens with two attached hydrogens (primary N) is 1. The van der Waals surface area contributed by atoms with Crippen LogP contribution in [0.2, 0.25) is 0 Å². The van der Waals surface area contributed by atoms with E-state index < -0.39 is 0 Å². The van der Waals surface area contributed by atoms with Crippen LogP contribution < -0.4 is 10.6 Å². The van der Waals surface area contributed by atoms with Crippen molar-refractivity contribution in [2.24, 2.45) is 10.9 Å². The Labute approximate surface area is 127 Å². The maximum Gasteiger partial charge on any atom is 0.172 e. The lowest BCUT2D eigenvalue weighted by molar-refractivity contribution is 0.255. The standard InChI is InChI=1S/C14H20BrN3O2/c15-10-5-6-12(14(16)17-20)13(8-10)18-7-3-1-2-4-11(18)9-19/h5-6,8,11,19-20H,1-4,7,9H2,(H2,16,17). The number of oxime groups is 1. The maximum atomic E-state index is 9.64. The van der Waals surface area contributed by atoms with Crippen molar-refractivity contribution in [2.45, 2.75) is 31.7 Å². The molecule has 1 aromatic rings. The van der Waals surface area contributed by atoms with E-state index in [4.69, 9.17) is 10.9 Å². The van der Waals surface area contributed by atoms with Crippen LogP contribution in [-0.4, -0.2) is 35.3 Å². The number of halogens is 1. The van der Waals surface area contributed by atoms with Gasteiger partial charge in [0.15, 0.2) is 5.84 Å². The second-order valence-electron chi connectivity index (χ2n) is 5.03. The molecule has 1 unspecified atom stereocenters. The molecular weight excluding hydrogens is 322 g/mol. The number of aliphatic hydroxyl groups is 1. The molecule has 20 heavy (non-hydrogen) atoms. The Morgan fingerprint density at radius 1 is 1.40 bits per heavy atom. The van der Waals surface area contributed by atoms with Gasteiger partial charge in [-0.1, -0.05) is 33.9 Å². The van der Waals surface area contributed by atoms with Gasteiger partial charge in [-0.2, -0.15) is 0 Å². The van der Waals surface area contributed by atoms with Crippen molar-refractivity contribution in [1.29, 1.82) is 0 Å². The van der Waals surface area contributed by atoms with Gasteiger partial charge >= 0.3 is 0 Å². The molecule has 6 heteroatoms. The van der Waals surface area contributed by atoms with E-state index in [9.17, 15) is 5.11 Å². The normalized spacial score (nSPS) is 20.8. The average Bonchev–Trinajstić information content (AvgIpc) is 2.71. The van der Waals surface area contributed by atoms with E-state index in [0.717, 1.165) is 36.0 Å². The lowest BCUT2D eigenvalue weighted by Gasteiger charge is -2.32. The highest BCUT2D eigenvalue weighted by Crippen LogP contribution is 2.30. The molecule has 2 rings (SSSR count). The fourth-order valence-corrected chi connectivity index (χ4v) is 3.05. The van der Waals surface area contributed by atoms with Gasteiger partial charge in [0, 0.05) is 22.3 Å². The third kappa shape index (κ3) is 3.24. The molecule has 1 aliphatic rings. The summed E-state index contributed by atoms with van der Waals surface area (Å²) >= 11 is 3.46. The Morgan fingerprint density at radius 2 is 2.20 bits per heavy atom. The number of aliphatic hydroxyl groups excluding tert-OH is 1. The predicted molar refractivity (Wildman–Crippen MR) is 83.3 cm³/mol. The van der Waals surface area contributed by atoms with Crippen molar-refractivity contribution < 1.29 is 10.3 Å². The summed E-state index contributed by atoms with van der Waals surface area (Å²) in [5, 5.41) is 21.7. The molecule has 0 saturated carbocycles. The van der Waals surface area contributed by atoms with Crippen molar-refractivity contribution in [3.05, 3.63) is 28.2 Å². The van der Waals surface area contributed by atoms with Gasteiger partial charge < -0.3 is 20.9 Å². The molecule has 0 radical (unpaired) electrons. The summed E-state index contributed by atoms with van der Waals surface area (Å²) in [5.74, 6) is 0.0911. The van der Waals surface area contributed by atoms with Crippen LogP contribution in [0.3, 0.4) is 0 Å². The van der Waals surface area contributed by atoms with Crippen LogP contribution in [0.25, 0.3) is 0 Å². The van der Waals surface area contributed by atoms with E-state index >= 15 is 0 Å². The van der Waals surface area contributed by atoms with E-state index in [1.165, 1.54) is 6.42 Å². The largest absolute Gasteiger partial charge is 0.409 e. The van der Waals surface area contributed by atoms with Gasteiger partial charge in [0.25, 0.3) is 0 Å². The molecule has 0 spiro atoms. The molecule has 1 saturated heterocycles. The molecule has 1 fully saturated rings. The molecule has 4 N–H and O–H groups in total. The topological polar surface area (TPSA) is 82.1 Å². The summed E-state index contributed by atoms with van der Waals surface area (Å²) in [6.45, 7) is 0.982.